The van der Waals surface area contributed by atoms with Crippen LogP contribution in [0.3, 0.4) is 0 Å². The number of carbonyl (C=O) groups excluding carboxylic acids is 1. The van der Waals surface area contributed by atoms with Gasteiger partial charge in [-0.05, 0) is 55.9 Å². The van der Waals surface area contributed by atoms with E-state index in [0.29, 0.717) is 5.41 Å². The van der Waals surface area contributed by atoms with Crippen LogP contribution in [0.15, 0.2) is 23.8 Å². The van der Waals surface area contributed by atoms with Crippen LogP contribution in [0.4, 0.5) is 0 Å². The Hall–Kier alpha value is -0.850. The smallest absolute Gasteiger partial charge is 0.152 e. The molecular weight excluding hydrogens is 196 g/mol. The molecule has 0 saturated heterocycles. The highest BCUT2D eigenvalue weighted by molar-refractivity contribution is 5.87. The van der Waals surface area contributed by atoms with Crippen molar-refractivity contribution in [2.45, 2.75) is 46.5 Å². The lowest BCUT2D eigenvalue weighted by atomic mass is 9.96. The molecule has 1 heteroatoms. The third kappa shape index (κ3) is 2.28. The van der Waals surface area contributed by atoms with E-state index >= 15 is 0 Å². The Kier molecular flexibility index (Phi) is 3.05. The van der Waals surface area contributed by atoms with E-state index in [1.807, 2.05) is 6.08 Å². The SMILES string of the molecule is CC(=O)/C=C/CCC1=CC[C@@H]2[C@H](C1)C2(C)C. The van der Waals surface area contributed by atoms with Gasteiger partial charge in [0.1, 0.15) is 0 Å². The summed E-state index contributed by atoms with van der Waals surface area (Å²) < 4.78 is 0. The zero-order chi connectivity index (χ0) is 11.8. The second kappa shape index (κ2) is 4.20. The highest BCUT2D eigenvalue weighted by atomic mass is 16.1. The third-order valence-corrected chi connectivity index (χ3v) is 4.42. The maximum absolute atomic E-state index is 10.7. The van der Waals surface area contributed by atoms with Gasteiger partial charge in [0, 0.05) is 0 Å². The highest BCUT2D eigenvalue weighted by Gasteiger charge is 2.57. The molecule has 1 fully saturated rings. The van der Waals surface area contributed by atoms with Crippen molar-refractivity contribution in [3.63, 3.8) is 0 Å². The fourth-order valence-electron chi connectivity index (χ4n) is 3.11. The fourth-order valence-corrected chi connectivity index (χ4v) is 3.11. The lowest BCUT2D eigenvalue weighted by Gasteiger charge is -2.10. The summed E-state index contributed by atoms with van der Waals surface area (Å²) in [5.74, 6) is 2.04. The van der Waals surface area contributed by atoms with Crippen LogP contribution in [-0.2, 0) is 4.79 Å². The van der Waals surface area contributed by atoms with Gasteiger partial charge < -0.3 is 0 Å². The van der Waals surface area contributed by atoms with E-state index in [9.17, 15) is 4.79 Å². The molecule has 0 spiro atoms. The molecule has 0 aromatic heterocycles. The standard InChI is InChI=1S/C15H22O/c1-11(16)6-4-5-7-12-8-9-13-14(10-12)15(13,2)3/h4,6,8,13-14H,5,7,9-10H2,1-3H3/b6-4+/t13-,14+/m1/s1. The van der Waals surface area contributed by atoms with Gasteiger partial charge in [-0.2, -0.15) is 0 Å². The van der Waals surface area contributed by atoms with Crippen molar-refractivity contribution in [1.29, 1.82) is 0 Å². The summed E-state index contributed by atoms with van der Waals surface area (Å²) in [7, 11) is 0. The van der Waals surface area contributed by atoms with Gasteiger partial charge in [0.15, 0.2) is 5.78 Å². The van der Waals surface area contributed by atoms with Crippen LogP contribution in [0, 0.1) is 17.3 Å². The molecular formula is C15H22O. The first-order valence-corrected chi connectivity index (χ1v) is 6.37. The Morgan fingerprint density at radius 3 is 2.88 bits per heavy atom. The van der Waals surface area contributed by atoms with Crippen LogP contribution >= 0.6 is 0 Å². The molecule has 0 heterocycles. The maximum Gasteiger partial charge on any atom is 0.152 e. The summed E-state index contributed by atoms with van der Waals surface area (Å²) in [5, 5.41) is 0. The Morgan fingerprint density at radius 2 is 2.25 bits per heavy atom. The van der Waals surface area contributed by atoms with Crippen molar-refractivity contribution in [2.75, 3.05) is 0 Å². The van der Waals surface area contributed by atoms with Crippen LogP contribution in [0.2, 0.25) is 0 Å². The van der Waals surface area contributed by atoms with Crippen molar-refractivity contribution in [1.82, 2.24) is 0 Å². The number of carbonyl (C=O) groups is 1. The van der Waals surface area contributed by atoms with Gasteiger partial charge in [-0.1, -0.05) is 31.6 Å². The van der Waals surface area contributed by atoms with Crippen molar-refractivity contribution in [3.8, 4) is 0 Å². The van der Waals surface area contributed by atoms with E-state index in [1.54, 1.807) is 18.6 Å². The van der Waals surface area contributed by atoms with Crippen LogP contribution in [-0.4, -0.2) is 5.78 Å². The van der Waals surface area contributed by atoms with Crippen molar-refractivity contribution in [2.24, 2.45) is 17.3 Å². The van der Waals surface area contributed by atoms with Gasteiger partial charge in [-0.3, -0.25) is 4.79 Å². The number of allylic oxidation sites excluding steroid dienone is 4. The predicted octanol–water partition coefficient (Wildman–Crippen LogP) is 3.90. The molecule has 0 aromatic rings. The van der Waals surface area contributed by atoms with Crippen molar-refractivity contribution in [3.05, 3.63) is 23.8 Å². The van der Waals surface area contributed by atoms with E-state index in [1.165, 1.54) is 12.8 Å². The van der Waals surface area contributed by atoms with E-state index in [2.05, 4.69) is 19.9 Å². The molecule has 0 unspecified atom stereocenters. The summed E-state index contributed by atoms with van der Waals surface area (Å²) in [6.07, 6.45) is 10.9. The quantitative estimate of drug-likeness (QED) is 0.516. The molecule has 2 aliphatic rings. The zero-order valence-electron chi connectivity index (χ0n) is 10.6. The molecule has 0 amide bonds. The minimum atomic E-state index is 0.154. The van der Waals surface area contributed by atoms with Gasteiger partial charge in [0.25, 0.3) is 0 Å². The molecule has 1 saturated carbocycles. The van der Waals surface area contributed by atoms with E-state index < -0.39 is 0 Å². The Balaban J connectivity index is 1.77. The van der Waals surface area contributed by atoms with Gasteiger partial charge in [-0.25, -0.2) is 0 Å². The lowest BCUT2D eigenvalue weighted by molar-refractivity contribution is -0.112. The van der Waals surface area contributed by atoms with Gasteiger partial charge in [-0.15, -0.1) is 0 Å². The van der Waals surface area contributed by atoms with Gasteiger partial charge in [0.05, 0.1) is 0 Å². The summed E-state index contributed by atoms with van der Waals surface area (Å²) in [4.78, 5) is 10.7. The number of hydrogen-bond donors (Lipinski definition) is 0. The monoisotopic (exact) mass is 218 g/mol. The average Bonchev–Trinajstić information content (AvgIpc) is 2.76. The number of ketones is 1. The molecule has 1 nitrogen and oxygen atoms in total. The van der Waals surface area contributed by atoms with E-state index in [0.717, 1.165) is 24.7 Å². The molecule has 2 rings (SSSR count). The molecule has 16 heavy (non-hydrogen) atoms. The molecule has 0 radical (unpaired) electrons. The maximum atomic E-state index is 10.7. The summed E-state index contributed by atoms with van der Waals surface area (Å²) >= 11 is 0. The number of fused-ring (bicyclic) bond motifs is 1. The Labute approximate surface area is 98.6 Å². The number of hydrogen-bond acceptors (Lipinski definition) is 1. The number of rotatable bonds is 4. The molecule has 2 aliphatic carbocycles. The fraction of sp³-hybridized carbons (Fsp3) is 0.667. The first-order valence-electron chi connectivity index (χ1n) is 6.37. The Morgan fingerprint density at radius 1 is 1.50 bits per heavy atom. The van der Waals surface area contributed by atoms with Gasteiger partial charge >= 0.3 is 0 Å². The second-order valence-electron chi connectivity index (χ2n) is 5.89. The van der Waals surface area contributed by atoms with Crippen LogP contribution in [0.5, 0.6) is 0 Å². The van der Waals surface area contributed by atoms with Crippen LogP contribution in [0.25, 0.3) is 0 Å². The molecule has 0 N–H and O–H groups in total. The van der Waals surface area contributed by atoms with Gasteiger partial charge in [0.2, 0.25) is 0 Å². The average molecular weight is 218 g/mol. The van der Waals surface area contributed by atoms with Crippen molar-refractivity contribution >= 4 is 5.78 Å². The molecule has 0 aliphatic heterocycles. The largest absolute Gasteiger partial charge is 0.295 e. The van der Waals surface area contributed by atoms with Crippen LogP contribution < -0.4 is 0 Å². The first kappa shape index (κ1) is 11.6. The highest BCUT2D eigenvalue weighted by Crippen LogP contribution is 2.64. The summed E-state index contributed by atoms with van der Waals surface area (Å²) in [6, 6.07) is 0. The zero-order valence-corrected chi connectivity index (χ0v) is 10.6. The normalized spacial score (nSPS) is 31.1. The summed E-state index contributed by atoms with van der Waals surface area (Å²) in [5.41, 5.74) is 2.20. The first-order chi connectivity index (χ1) is 7.51. The molecule has 0 bridgehead atoms. The minimum absolute atomic E-state index is 0.154. The third-order valence-electron chi connectivity index (χ3n) is 4.42. The minimum Gasteiger partial charge on any atom is -0.295 e. The predicted molar refractivity (Wildman–Crippen MR) is 67.1 cm³/mol. The van der Waals surface area contributed by atoms with E-state index in [-0.39, 0.29) is 5.78 Å². The molecule has 88 valence electrons. The van der Waals surface area contributed by atoms with Crippen molar-refractivity contribution < 1.29 is 4.79 Å². The topological polar surface area (TPSA) is 17.1 Å². The molecule has 2 atom stereocenters. The summed E-state index contributed by atoms with van der Waals surface area (Å²) in [6.45, 7) is 6.40. The Bertz CT molecular complexity index is 346. The van der Waals surface area contributed by atoms with Crippen LogP contribution in [0.1, 0.15) is 46.5 Å². The lowest BCUT2D eigenvalue weighted by Crippen LogP contribution is -1.95. The van der Waals surface area contributed by atoms with E-state index in [4.69, 9.17) is 0 Å². The second-order valence-corrected chi connectivity index (χ2v) is 5.89. The molecule has 0 aromatic carbocycles.